The Morgan fingerprint density at radius 1 is 1.32 bits per heavy atom. The molecule has 0 bridgehead atoms. The molecule has 130 valence electrons. The second kappa shape index (κ2) is 7.94. The van der Waals surface area contributed by atoms with Crippen LogP contribution in [-0.2, 0) is 27.2 Å². The number of thiazole rings is 1. The number of esters is 1. The summed E-state index contributed by atoms with van der Waals surface area (Å²) in [6.07, 6.45) is 3.08. The number of aryl methyl sites for hydroxylation is 1. The number of para-hydroxylation sites is 1. The molecule has 3 rings (SSSR count). The molecule has 0 atom stereocenters. The highest BCUT2D eigenvalue weighted by molar-refractivity contribution is 7.13. The molecule has 1 aromatic carbocycles. The van der Waals surface area contributed by atoms with Gasteiger partial charge in [0, 0.05) is 28.9 Å². The minimum Gasteiger partial charge on any atom is -0.466 e. The number of H-pyrrole nitrogens is 1. The second-order valence-corrected chi connectivity index (χ2v) is 6.39. The van der Waals surface area contributed by atoms with Gasteiger partial charge in [-0.1, -0.05) is 18.2 Å². The van der Waals surface area contributed by atoms with Crippen LogP contribution in [0, 0.1) is 0 Å². The lowest BCUT2D eigenvalue weighted by Crippen LogP contribution is -2.12. The Balaban J connectivity index is 1.53. The Morgan fingerprint density at radius 3 is 3.00 bits per heavy atom. The number of fused-ring (bicyclic) bond motifs is 1. The molecule has 3 aromatic rings. The van der Waals surface area contributed by atoms with Crippen molar-refractivity contribution in [3.63, 3.8) is 0 Å². The van der Waals surface area contributed by atoms with Gasteiger partial charge in [-0.15, -0.1) is 11.3 Å². The number of aromatic nitrogens is 2. The summed E-state index contributed by atoms with van der Waals surface area (Å²) < 4.78 is 4.89. The third-order valence-electron chi connectivity index (χ3n) is 3.73. The number of ether oxygens (including phenoxy) is 1. The lowest BCUT2D eigenvalue weighted by molar-refractivity contribution is -0.142. The van der Waals surface area contributed by atoms with Crippen molar-refractivity contribution in [2.75, 3.05) is 11.9 Å². The van der Waals surface area contributed by atoms with Crippen molar-refractivity contribution >= 4 is 39.2 Å². The number of rotatable bonds is 7. The molecule has 0 saturated heterocycles. The van der Waals surface area contributed by atoms with Crippen molar-refractivity contribution in [2.24, 2.45) is 0 Å². The van der Waals surface area contributed by atoms with Crippen molar-refractivity contribution in [3.05, 3.63) is 47.1 Å². The largest absolute Gasteiger partial charge is 0.466 e. The van der Waals surface area contributed by atoms with Gasteiger partial charge in [0.1, 0.15) is 0 Å². The average Bonchev–Trinajstić information content (AvgIpc) is 3.20. The zero-order valence-corrected chi connectivity index (χ0v) is 14.7. The van der Waals surface area contributed by atoms with E-state index in [0.717, 1.165) is 16.5 Å². The van der Waals surface area contributed by atoms with Crippen molar-refractivity contribution < 1.29 is 14.3 Å². The highest BCUT2D eigenvalue weighted by Crippen LogP contribution is 2.20. The molecule has 7 heteroatoms. The van der Waals surface area contributed by atoms with E-state index in [1.165, 1.54) is 11.3 Å². The van der Waals surface area contributed by atoms with Crippen molar-refractivity contribution in [2.45, 2.75) is 26.2 Å². The summed E-state index contributed by atoms with van der Waals surface area (Å²) in [5.41, 5.74) is 2.80. The molecule has 0 fully saturated rings. The average molecular weight is 357 g/mol. The van der Waals surface area contributed by atoms with E-state index in [4.69, 9.17) is 4.74 Å². The molecule has 0 aliphatic carbocycles. The van der Waals surface area contributed by atoms with Crippen LogP contribution < -0.4 is 5.32 Å². The fourth-order valence-electron chi connectivity index (χ4n) is 2.57. The van der Waals surface area contributed by atoms with Gasteiger partial charge < -0.3 is 15.0 Å². The van der Waals surface area contributed by atoms with Gasteiger partial charge in [-0.25, -0.2) is 4.98 Å². The molecule has 2 N–H and O–H groups in total. The van der Waals surface area contributed by atoms with E-state index in [1.54, 1.807) is 12.3 Å². The summed E-state index contributed by atoms with van der Waals surface area (Å²) in [6, 6.07) is 8.02. The van der Waals surface area contributed by atoms with Crippen molar-refractivity contribution in [3.8, 4) is 0 Å². The molecule has 0 saturated carbocycles. The van der Waals surface area contributed by atoms with E-state index in [0.29, 0.717) is 30.3 Å². The Hall–Kier alpha value is -2.67. The minimum atomic E-state index is -0.315. The number of aromatic amines is 1. The van der Waals surface area contributed by atoms with E-state index in [-0.39, 0.29) is 18.3 Å². The summed E-state index contributed by atoms with van der Waals surface area (Å²) >= 11 is 1.31. The number of anilines is 1. The first kappa shape index (κ1) is 17.2. The maximum Gasteiger partial charge on any atom is 0.311 e. The van der Waals surface area contributed by atoms with Crippen LogP contribution in [0.2, 0.25) is 0 Å². The van der Waals surface area contributed by atoms with E-state index >= 15 is 0 Å². The first-order valence-electron chi connectivity index (χ1n) is 8.10. The van der Waals surface area contributed by atoms with Crippen LogP contribution in [0.1, 0.15) is 24.6 Å². The number of nitrogens with one attached hydrogen (secondary N) is 2. The Kier molecular flexibility index (Phi) is 5.45. The van der Waals surface area contributed by atoms with Crippen LogP contribution in [0.3, 0.4) is 0 Å². The number of nitrogens with zero attached hydrogens (tertiary/aromatic N) is 1. The van der Waals surface area contributed by atoms with Crippen LogP contribution in [0.25, 0.3) is 10.9 Å². The molecule has 6 nitrogen and oxygen atoms in total. The van der Waals surface area contributed by atoms with Gasteiger partial charge in [0.05, 0.1) is 18.7 Å². The Bertz CT molecular complexity index is 884. The van der Waals surface area contributed by atoms with Gasteiger partial charge in [0.15, 0.2) is 5.13 Å². The monoisotopic (exact) mass is 357 g/mol. The summed E-state index contributed by atoms with van der Waals surface area (Å²) in [5, 5.41) is 6.18. The number of hydrogen-bond donors (Lipinski definition) is 2. The predicted octanol–water partition coefficient (Wildman–Crippen LogP) is 3.30. The van der Waals surface area contributed by atoms with Crippen LogP contribution in [-0.4, -0.2) is 28.5 Å². The normalized spacial score (nSPS) is 10.8. The van der Waals surface area contributed by atoms with Crippen LogP contribution in [0.15, 0.2) is 35.8 Å². The fraction of sp³-hybridized carbons (Fsp3) is 0.278. The first-order valence-corrected chi connectivity index (χ1v) is 8.98. The highest BCUT2D eigenvalue weighted by Gasteiger charge is 2.11. The minimum absolute atomic E-state index is 0.0951. The van der Waals surface area contributed by atoms with Gasteiger partial charge in [-0.2, -0.15) is 0 Å². The van der Waals surface area contributed by atoms with E-state index in [1.807, 2.05) is 30.5 Å². The zero-order valence-electron chi connectivity index (χ0n) is 13.9. The molecule has 0 aliphatic heterocycles. The number of hydrogen-bond acceptors (Lipinski definition) is 5. The third-order valence-corrected chi connectivity index (χ3v) is 4.53. The number of benzene rings is 1. The van der Waals surface area contributed by atoms with Crippen molar-refractivity contribution in [1.29, 1.82) is 0 Å². The van der Waals surface area contributed by atoms with Crippen LogP contribution in [0.4, 0.5) is 5.13 Å². The smallest absolute Gasteiger partial charge is 0.311 e. The fourth-order valence-corrected chi connectivity index (χ4v) is 3.30. The molecule has 1 amide bonds. The Labute approximate surface area is 149 Å². The highest BCUT2D eigenvalue weighted by atomic mass is 32.1. The predicted molar refractivity (Wildman–Crippen MR) is 97.7 cm³/mol. The van der Waals surface area contributed by atoms with Gasteiger partial charge in [-0.05, 0) is 25.0 Å². The Morgan fingerprint density at radius 2 is 2.16 bits per heavy atom. The molecule has 0 unspecified atom stereocenters. The van der Waals surface area contributed by atoms with E-state index in [9.17, 15) is 9.59 Å². The zero-order chi connectivity index (χ0) is 17.6. The second-order valence-electron chi connectivity index (χ2n) is 5.53. The van der Waals surface area contributed by atoms with E-state index in [2.05, 4.69) is 15.3 Å². The summed E-state index contributed by atoms with van der Waals surface area (Å²) in [4.78, 5) is 31.0. The lowest BCUT2D eigenvalue weighted by Gasteiger charge is -2.02. The first-order chi connectivity index (χ1) is 12.2. The molecule has 2 heterocycles. The van der Waals surface area contributed by atoms with Gasteiger partial charge in [0.2, 0.25) is 5.91 Å². The molecule has 0 spiro atoms. The van der Waals surface area contributed by atoms with E-state index < -0.39 is 0 Å². The molecular weight excluding hydrogens is 338 g/mol. The van der Waals surface area contributed by atoms with Gasteiger partial charge in [0.25, 0.3) is 0 Å². The number of amides is 1. The molecule has 2 aromatic heterocycles. The molecular formula is C18H19N3O3S. The van der Waals surface area contributed by atoms with Crippen molar-refractivity contribution in [1.82, 2.24) is 9.97 Å². The summed E-state index contributed by atoms with van der Waals surface area (Å²) in [7, 11) is 0. The van der Waals surface area contributed by atoms with Crippen LogP contribution >= 0.6 is 11.3 Å². The maximum atomic E-state index is 12.1. The quantitative estimate of drug-likeness (QED) is 0.636. The lowest BCUT2D eigenvalue weighted by atomic mass is 10.1. The maximum absolute atomic E-state index is 12.1. The number of carbonyl (C=O) groups is 2. The van der Waals surface area contributed by atoms with Gasteiger partial charge >= 0.3 is 5.97 Å². The van der Waals surface area contributed by atoms with Gasteiger partial charge in [-0.3, -0.25) is 9.59 Å². The number of carbonyl (C=O) groups excluding carboxylic acids is 2. The molecule has 25 heavy (non-hydrogen) atoms. The topological polar surface area (TPSA) is 84.1 Å². The van der Waals surface area contributed by atoms with Crippen LogP contribution in [0.5, 0.6) is 0 Å². The molecule has 0 radical (unpaired) electrons. The standard InChI is InChI=1S/C18H19N3O3S/c1-2-24-17(23)9-13-11-25-18(20-13)21-16(22)8-7-12-10-19-15-6-4-3-5-14(12)15/h3-6,10-11,19H,2,7-9H2,1H3,(H,20,21,22). The SMILES string of the molecule is CCOC(=O)Cc1csc(NC(=O)CCc2c[nH]c3ccccc23)n1. The summed E-state index contributed by atoms with van der Waals surface area (Å²) in [6.45, 7) is 2.11. The molecule has 0 aliphatic rings. The third kappa shape index (κ3) is 4.45. The summed E-state index contributed by atoms with van der Waals surface area (Å²) in [5.74, 6) is -0.410.